The fourth-order valence-electron chi connectivity index (χ4n) is 3.14. The van der Waals surface area contributed by atoms with Crippen LogP contribution in [0, 0.1) is 0 Å². The molecule has 0 saturated heterocycles. The van der Waals surface area contributed by atoms with Gasteiger partial charge in [-0.1, -0.05) is 36.4 Å². The minimum absolute atomic E-state index is 0.166. The van der Waals surface area contributed by atoms with Crippen LogP contribution in [0.15, 0.2) is 77.8 Å². The van der Waals surface area contributed by atoms with Crippen molar-refractivity contribution in [3.05, 3.63) is 78.4 Å². The summed E-state index contributed by atoms with van der Waals surface area (Å²) in [6.45, 7) is 0. The first-order valence-electron chi connectivity index (χ1n) is 8.52. The lowest BCUT2D eigenvalue weighted by Gasteiger charge is -2.16. The van der Waals surface area contributed by atoms with Crippen LogP contribution in [0.4, 0.5) is 17.1 Å². The number of carbonyl (C=O) groups is 1. The van der Waals surface area contributed by atoms with Gasteiger partial charge in [-0.3, -0.25) is 9.69 Å². The summed E-state index contributed by atoms with van der Waals surface area (Å²) in [5, 5.41) is 0. The van der Waals surface area contributed by atoms with Crippen molar-refractivity contribution in [2.24, 2.45) is 4.99 Å². The predicted octanol–water partition coefficient (Wildman–Crippen LogP) is 4.50. The zero-order valence-corrected chi connectivity index (χ0v) is 15.0. The Balaban J connectivity index is 1.85. The molecule has 1 aliphatic heterocycles. The maximum atomic E-state index is 13.2. The van der Waals surface area contributed by atoms with Gasteiger partial charge in [0.15, 0.2) is 0 Å². The maximum absolute atomic E-state index is 13.2. The van der Waals surface area contributed by atoms with Crippen molar-refractivity contribution in [2.75, 3.05) is 19.1 Å². The molecule has 0 atom stereocenters. The SMILES string of the molecule is COc1ccc(/N=C2\C(=O)N(c3ccccc3)c3ccccc32)c(OC)c1. The quantitative estimate of drug-likeness (QED) is 0.690. The largest absolute Gasteiger partial charge is 0.497 e. The topological polar surface area (TPSA) is 51.1 Å². The zero-order chi connectivity index (χ0) is 18.8. The summed E-state index contributed by atoms with van der Waals surface area (Å²) < 4.78 is 10.7. The molecule has 0 aromatic heterocycles. The fraction of sp³-hybridized carbons (Fsp3) is 0.0909. The van der Waals surface area contributed by atoms with E-state index >= 15 is 0 Å². The number of fused-ring (bicyclic) bond motifs is 1. The van der Waals surface area contributed by atoms with Crippen molar-refractivity contribution in [1.29, 1.82) is 0 Å². The molecule has 0 aliphatic carbocycles. The third-order valence-corrected chi connectivity index (χ3v) is 4.44. The highest BCUT2D eigenvalue weighted by Gasteiger charge is 2.34. The van der Waals surface area contributed by atoms with Gasteiger partial charge >= 0.3 is 0 Å². The molecular formula is C22H18N2O3. The van der Waals surface area contributed by atoms with Crippen LogP contribution in [-0.2, 0) is 4.79 Å². The Kier molecular flexibility index (Phi) is 4.34. The number of methoxy groups -OCH3 is 2. The number of hydrogen-bond acceptors (Lipinski definition) is 4. The molecule has 0 saturated carbocycles. The van der Waals surface area contributed by atoms with E-state index in [0.717, 1.165) is 16.9 Å². The van der Waals surface area contributed by atoms with E-state index in [1.54, 1.807) is 37.3 Å². The van der Waals surface area contributed by atoms with E-state index in [4.69, 9.17) is 9.47 Å². The summed E-state index contributed by atoms with van der Waals surface area (Å²) in [6, 6.07) is 22.5. The second kappa shape index (κ2) is 6.96. The van der Waals surface area contributed by atoms with Crippen LogP contribution in [0.2, 0.25) is 0 Å². The van der Waals surface area contributed by atoms with E-state index in [0.29, 0.717) is 22.9 Å². The van der Waals surface area contributed by atoms with Gasteiger partial charge in [0.25, 0.3) is 5.91 Å². The van der Waals surface area contributed by atoms with Crippen molar-refractivity contribution in [3.63, 3.8) is 0 Å². The molecule has 0 spiro atoms. The van der Waals surface area contributed by atoms with Gasteiger partial charge in [0, 0.05) is 17.3 Å². The normalized spacial score (nSPS) is 14.4. The van der Waals surface area contributed by atoms with Crippen LogP contribution >= 0.6 is 0 Å². The van der Waals surface area contributed by atoms with Gasteiger partial charge < -0.3 is 9.47 Å². The Labute approximate surface area is 157 Å². The van der Waals surface area contributed by atoms with E-state index in [-0.39, 0.29) is 5.91 Å². The van der Waals surface area contributed by atoms with E-state index in [1.165, 1.54) is 0 Å². The third-order valence-electron chi connectivity index (χ3n) is 4.44. The van der Waals surface area contributed by atoms with Crippen molar-refractivity contribution >= 4 is 28.7 Å². The Morgan fingerprint density at radius 3 is 2.33 bits per heavy atom. The van der Waals surface area contributed by atoms with E-state index < -0.39 is 0 Å². The highest BCUT2D eigenvalue weighted by Crippen LogP contribution is 2.38. The van der Waals surface area contributed by atoms with Gasteiger partial charge in [0.2, 0.25) is 0 Å². The number of carbonyl (C=O) groups excluding carboxylic acids is 1. The molecule has 27 heavy (non-hydrogen) atoms. The summed E-state index contributed by atoms with van der Waals surface area (Å²) in [5.41, 5.74) is 3.38. The number of rotatable bonds is 4. The molecule has 1 aliphatic rings. The first-order valence-corrected chi connectivity index (χ1v) is 8.52. The van der Waals surface area contributed by atoms with Gasteiger partial charge in [-0.05, 0) is 30.3 Å². The van der Waals surface area contributed by atoms with Crippen molar-refractivity contribution in [1.82, 2.24) is 0 Å². The molecule has 5 heteroatoms. The number of benzene rings is 3. The van der Waals surface area contributed by atoms with E-state index in [2.05, 4.69) is 4.99 Å². The van der Waals surface area contributed by atoms with Crippen LogP contribution in [0.25, 0.3) is 0 Å². The van der Waals surface area contributed by atoms with Crippen LogP contribution in [0.5, 0.6) is 11.5 Å². The summed E-state index contributed by atoms with van der Waals surface area (Å²) in [4.78, 5) is 19.6. The Hall–Kier alpha value is -3.60. The molecular weight excluding hydrogens is 340 g/mol. The third kappa shape index (κ3) is 2.93. The number of aliphatic imine (C=N–C) groups is 1. The van der Waals surface area contributed by atoms with Crippen LogP contribution in [0.1, 0.15) is 5.56 Å². The van der Waals surface area contributed by atoms with Gasteiger partial charge in [-0.25, -0.2) is 4.99 Å². The molecule has 5 nitrogen and oxygen atoms in total. The number of nitrogens with zero attached hydrogens (tertiary/aromatic N) is 2. The molecule has 0 radical (unpaired) electrons. The van der Waals surface area contributed by atoms with Gasteiger partial charge in [-0.15, -0.1) is 0 Å². The highest BCUT2D eigenvalue weighted by atomic mass is 16.5. The second-order valence-electron chi connectivity index (χ2n) is 5.99. The molecule has 0 unspecified atom stereocenters. The maximum Gasteiger partial charge on any atom is 0.282 e. The number of anilines is 2. The second-order valence-corrected chi connectivity index (χ2v) is 5.99. The summed E-state index contributed by atoms with van der Waals surface area (Å²) in [5.74, 6) is 1.05. The Morgan fingerprint density at radius 2 is 1.59 bits per heavy atom. The number of amides is 1. The lowest BCUT2D eigenvalue weighted by atomic mass is 10.1. The Bertz CT molecular complexity index is 1030. The molecule has 3 aromatic carbocycles. The molecule has 1 heterocycles. The van der Waals surface area contributed by atoms with Gasteiger partial charge in [0.05, 0.1) is 19.9 Å². The minimum atomic E-state index is -0.166. The first-order chi connectivity index (χ1) is 13.2. The van der Waals surface area contributed by atoms with Crippen molar-refractivity contribution < 1.29 is 14.3 Å². The lowest BCUT2D eigenvalue weighted by molar-refractivity contribution is -0.111. The average Bonchev–Trinajstić information content (AvgIpc) is 3.00. The summed E-state index contributed by atoms with van der Waals surface area (Å²) in [6.07, 6.45) is 0. The summed E-state index contributed by atoms with van der Waals surface area (Å²) >= 11 is 0. The fourth-order valence-corrected chi connectivity index (χ4v) is 3.14. The van der Waals surface area contributed by atoms with E-state index in [1.807, 2.05) is 54.6 Å². The van der Waals surface area contributed by atoms with Crippen LogP contribution in [0.3, 0.4) is 0 Å². The molecule has 134 valence electrons. The predicted molar refractivity (Wildman–Crippen MR) is 106 cm³/mol. The minimum Gasteiger partial charge on any atom is -0.497 e. The molecule has 0 N–H and O–H groups in total. The molecule has 3 aromatic rings. The van der Waals surface area contributed by atoms with Crippen molar-refractivity contribution in [3.8, 4) is 11.5 Å². The first kappa shape index (κ1) is 16.8. The monoisotopic (exact) mass is 358 g/mol. The Morgan fingerprint density at radius 1 is 0.852 bits per heavy atom. The van der Waals surface area contributed by atoms with Crippen LogP contribution < -0.4 is 14.4 Å². The highest BCUT2D eigenvalue weighted by molar-refractivity contribution is 6.56. The van der Waals surface area contributed by atoms with Gasteiger partial charge in [-0.2, -0.15) is 0 Å². The van der Waals surface area contributed by atoms with Crippen molar-refractivity contribution in [2.45, 2.75) is 0 Å². The lowest BCUT2D eigenvalue weighted by Crippen LogP contribution is -2.25. The van der Waals surface area contributed by atoms with E-state index in [9.17, 15) is 4.79 Å². The molecule has 1 amide bonds. The molecule has 4 rings (SSSR count). The smallest absolute Gasteiger partial charge is 0.282 e. The standard InChI is InChI=1S/C22H18N2O3/c1-26-16-12-13-18(20(14-16)27-2)23-21-17-10-6-7-11-19(17)24(22(21)25)15-8-4-3-5-9-15/h3-14H,1-2H3/b23-21-. The van der Waals surface area contributed by atoms with Gasteiger partial charge in [0.1, 0.15) is 22.9 Å². The summed E-state index contributed by atoms with van der Waals surface area (Å²) in [7, 11) is 3.16. The number of para-hydroxylation sites is 2. The van der Waals surface area contributed by atoms with Crippen LogP contribution in [-0.4, -0.2) is 25.8 Å². The number of hydrogen-bond donors (Lipinski definition) is 0. The number of ether oxygens (including phenoxy) is 2. The molecule has 0 bridgehead atoms. The average molecular weight is 358 g/mol. The molecule has 0 fully saturated rings. The zero-order valence-electron chi connectivity index (χ0n) is 15.0.